The monoisotopic (exact) mass is 493 g/mol. The number of hydrogen-bond acceptors (Lipinski definition) is 8. The number of hydrogen-bond donors (Lipinski definition) is 0. The maximum atomic E-state index is 5.71. The first-order valence-electron chi connectivity index (χ1n) is 12.2. The van der Waals surface area contributed by atoms with E-state index in [2.05, 4.69) is 58.0 Å². The predicted molar refractivity (Wildman–Crippen MR) is 145 cm³/mol. The Bertz CT molecular complexity index is 1070. The zero-order valence-electron chi connectivity index (χ0n) is 21.1. The molecular formula is C27H35N5O2S. The van der Waals surface area contributed by atoms with Crippen molar-refractivity contribution in [3.8, 4) is 17.0 Å². The van der Waals surface area contributed by atoms with E-state index in [-0.39, 0.29) is 0 Å². The van der Waals surface area contributed by atoms with Gasteiger partial charge in [-0.1, -0.05) is 12.2 Å². The SMILES string of the molecule is CCOC1=CCC=C(c2cnc(N3CCN(SN(C)C)CC3)nc2-c2ccc(OCC)cc2)C=C1. The third-order valence-corrected chi connectivity index (χ3v) is 6.64. The van der Waals surface area contributed by atoms with Gasteiger partial charge >= 0.3 is 0 Å². The minimum Gasteiger partial charge on any atom is -0.494 e. The van der Waals surface area contributed by atoms with E-state index in [1.54, 1.807) is 12.1 Å². The fourth-order valence-corrected chi connectivity index (χ4v) is 4.90. The summed E-state index contributed by atoms with van der Waals surface area (Å²) in [6.07, 6.45) is 11.2. The first kappa shape index (κ1) is 25.3. The van der Waals surface area contributed by atoms with Crippen molar-refractivity contribution in [1.82, 2.24) is 18.6 Å². The van der Waals surface area contributed by atoms with E-state index >= 15 is 0 Å². The highest BCUT2D eigenvalue weighted by Crippen LogP contribution is 2.32. The summed E-state index contributed by atoms with van der Waals surface area (Å²) in [7, 11) is 4.15. The third kappa shape index (κ3) is 6.66. The molecule has 0 bridgehead atoms. The van der Waals surface area contributed by atoms with Crippen LogP contribution in [0, 0.1) is 0 Å². The molecule has 0 amide bonds. The van der Waals surface area contributed by atoms with Crippen molar-refractivity contribution in [2.75, 3.05) is 58.4 Å². The number of anilines is 1. The number of rotatable bonds is 9. The van der Waals surface area contributed by atoms with Gasteiger partial charge in [-0.05, 0) is 76.4 Å². The van der Waals surface area contributed by atoms with Crippen LogP contribution < -0.4 is 9.64 Å². The predicted octanol–water partition coefficient (Wildman–Crippen LogP) is 5.05. The number of piperazine rings is 1. The van der Waals surface area contributed by atoms with Gasteiger partial charge in [-0.15, -0.1) is 0 Å². The van der Waals surface area contributed by atoms with Gasteiger partial charge in [0.1, 0.15) is 11.5 Å². The maximum absolute atomic E-state index is 5.71. The normalized spacial score (nSPS) is 16.7. The molecule has 8 heteroatoms. The summed E-state index contributed by atoms with van der Waals surface area (Å²) >= 11 is 1.76. The van der Waals surface area contributed by atoms with Gasteiger partial charge in [0, 0.05) is 55.6 Å². The highest BCUT2D eigenvalue weighted by molar-refractivity contribution is 7.94. The van der Waals surface area contributed by atoms with Crippen molar-refractivity contribution in [3.63, 3.8) is 0 Å². The number of ether oxygens (including phenoxy) is 2. The van der Waals surface area contributed by atoms with Crippen LogP contribution in [0.3, 0.4) is 0 Å². The molecule has 1 aromatic carbocycles. The van der Waals surface area contributed by atoms with E-state index in [1.807, 2.05) is 38.3 Å². The van der Waals surface area contributed by atoms with E-state index in [4.69, 9.17) is 19.4 Å². The van der Waals surface area contributed by atoms with Crippen LogP contribution in [0.4, 0.5) is 5.95 Å². The van der Waals surface area contributed by atoms with Crippen molar-refractivity contribution < 1.29 is 9.47 Å². The van der Waals surface area contributed by atoms with Crippen LogP contribution in [0.2, 0.25) is 0 Å². The molecule has 186 valence electrons. The molecule has 2 aliphatic rings. The molecule has 0 atom stereocenters. The summed E-state index contributed by atoms with van der Waals surface area (Å²) in [6.45, 7) is 9.02. The zero-order chi connectivity index (χ0) is 24.6. The van der Waals surface area contributed by atoms with Crippen LogP contribution in [0.15, 0.2) is 60.5 Å². The Kier molecular flexibility index (Phi) is 8.84. The first-order chi connectivity index (χ1) is 17.1. The van der Waals surface area contributed by atoms with Crippen molar-refractivity contribution in [2.24, 2.45) is 0 Å². The summed E-state index contributed by atoms with van der Waals surface area (Å²) in [4.78, 5) is 12.2. The van der Waals surface area contributed by atoms with Crippen molar-refractivity contribution in [1.29, 1.82) is 0 Å². The Labute approximate surface area is 213 Å². The molecule has 2 heterocycles. The molecule has 1 aliphatic heterocycles. The number of allylic oxidation sites excluding steroid dienone is 5. The molecule has 7 nitrogen and oxygen atoms in total. The van der Waals surface area contributed by atoms with Crippen LogP contribution >= 0.6 is 12.1 Å². The number of aromatic nitrogens is 2. The first-order valence-corrected chi connectivity index (χ1v) is 13.0. The molecule has 4 rings (SSSR count). The van der Waals surface area contributed by atoms with Gasteiger partial charge in [0.15, 0.2) is 0 Å². The molecule has 1 saturated heterocycles. The van der Waals surface area contributed by atoms with Gasteiger partial charge in [0.2, 0.25) is 5.95 Å². The van der Waals surface area contributed by atoms with E-state index in [1.165, 1.54) is 0 Å². The average Bonchev–Trinajstić information content (AvgIpc) is 3.10. The Morgan fingerprint density at radius 3 is 2.37 bits per heavy atom. The summed E-state index contributed by atoms with van der Waals surface area (Å²) in [5.74, 6) is 2.53. The fraction of sp³-hybridized carbons (Fsp3) is 0.407. The Morgan fingerprint density at radius 2 is 1.69 bits per heavy atom. The zero-order valence-corrected chi connectivity index (χ0v) is 21.9. The van der Waals surface area contributed by atoms with Crippen LogP contribution in [0.5, 0.6) is 5.75 Å². The Balaban J connectivity index is 1.64. The second kappa shape index (κ2) is 12.2. The molecule has 0 unspecified atom stereocenters. The van der Waals surface area contributed by atoms with E-state index < -0.39 is 0 Å². The Morgan fingerprint density at radius 1 is 0.943 bits per heavy atom. The summed E-state index contributed by atoms with van der Waals surface area (Å²) in [5, 5.41) is 0. The Hall–Kier alpha value is -2.81. The third-order valence-electron chi connectivity index (χ3n) is 5.72. The highest BCUT2D eigenvalue weighted by Gasteiger charge is 2.22. The molecule has 1 aliphatic carbocycles. The minimum absolute atomic E-state index is 0.646. The second-order valence-corrected chi connectivity index (χ2v) is 9.88. The summed E-state index contributed by atoms with van der Waals surface area (Å²) in [6, 6.07) is 8.18. The molecular weight excluding hydrogens is 458 g/mol. The average molecular weight is 494 g/mol. The van der Waals surface area contributed by atoms with Gasteiger partial charge in [-0.25, -0.2) is 18.6 Å². The van der Waals surface area contributed by atoms with Crippen LogP contribution in [-0.4, -0.2) is 72.1 Å². The minimum atomic E-state index is 0.646. The van der Waals surface area contributed by atoms with Gasteiger partial charge in [0.25, 0.3) is 0 Å². The van der Waals surface area contributed by atoms with Crippen LogP contribution in [0.25, 0.3) is 16.8 Å². The van der Waals surface area contributed by atoms with Gasteiger partial charge in [-0.3, -0.25) is 0 Å². The fourth-order valence-electron chi connectivity index (χ4n) is 4.12. The standard InChI is InChI=1S/C27H35N5O2S/c1-5-33-23-9-7-8-21(10-13-23)25-20-28-27(31-16-18-32(19-17-31)35-30(3)4)29-26(25)22-11-14-24(15-12-22)34-6-2/h8-15,20H,5-7,16-19H2,1-4H3. The maximum Gasteiger partial charge on any atom is 0.225 e. The summed E-state index contributed by atoms with van der Waals surface area (Å²) < 4.78 is 15.9. The van der Waals surface area contributed by atoms with Crippen LogP contribution in [0.1, 0.15) is 25.8 Å². The number of benzene rings is 1. The largest absolute Gasteiger partial charge is 0.494 e. The highest BCUT2D eigenvalue weighted by atomic mass is 32.2. The molecule has 2 aromatic rings. The topological polar surface area (TPSA) is 54.0 Å². The molecule has 0 N–H and O–H groups in total. The van der Waals surface area contributed by atoms with Crippen molar-refractivity contribution in [3.05, 3.63) is 66.1 Å². The van der Waals surface area contributed by atoms with Crippen molar-refractivity contribution >= 4 is 23.7 Å². The number of nitrogens with zero attached hydrogens (tertiary/aromatic N) is 5. The molecule has 35 heavy (non-hydrogen) atoms. The van der Waals surface area contributed by atoms with E-state index in [9.17, 15) is 0 Å². The van der Waals surface area contributed by atoms with Gasteiger partial charge < -0.3 is 14.4 Å². The molecule has 0 radical (unpaired) electrons. The molecule has 0 spiro atoms. The quantitative estimate of drug-likeness (QED) is 0.450. The lowest BCUT2D eigenvalue weighted by atomic mass is 10.00. The van der Waals surface area contributed by atoms with Gasteiger partial charge in [-0.2, -0.15) is 0 Å². The smallest absolute Gasteiger partial charge is 0.225 e. The van der Waals surface area contributed by atoms with Crippen LogP contribution in [-0.2, 0) is 4.74 Å². The molecule has 1 fully saturated rings. The second-order valence-electron chi connectivity index (χ2n) is 8.47. The summed E-state index contributed by atoms with van der Waals surface area (Å²) in [5.41, 5.74) is 4.09. The lowest BCUT2D eigenvalue weighted by Gasteiger charge is -2.34. The van der Waals surface area contributed by atoms with Gasteiger partial charge in [0.05, 0.1) is 18.9 Å². The van der Waals surface area contributed by atoms with E-state index in [0.717, 1.165) is 72.5 Å². The van der Waals surface area contributed by atoms with Crippen molar-refractivity contribution in [2.45, 2.75) is 20.3 Å². The lowest BCUT2D eigenvalue weighted by molar-refractivity contribution is 0.242. The molecule has 1 aromatic heterocycles. The lowest BCUT2D eigenvalue weighted by Crippen LogP contribution is -2.45. The molecule has 0 saturated carbocycles. The van der Waals surface area contributed by atoms with E-state index in [0.29, 0.717) is 13.2 Å².